The fourth-order valence-electron chi connectivity index (χ4n) is 4.14. The normalized spacial score (nSPS) is 21.8. The topological polar surface area (TPSA) is 78.5 Å². The Balaban J connectivity index is 1.40. The Labute approximate surface area is 164 Å². The van der Waals surface area contributed by atoms with Crippen molar-refractivity contribution in [2.24, 2.45) is 5.92 Å². The van der Waals surface area contributed by atoms with Gasteiger partial charge in [0.25, 0.3) is 11.8 Å². The third-order valence-electron chi connectivity index (χ3n) is 5.82. The quantitative estimate of drug-likeness (QED) is 0.782. The Morgan fingerprint density at radius 2 is 1.82 bits per heavy atom. The molecule has 2 atom stereocenters. The number of imide groups is 1. The average molecular weight is 379 g/mol. The smallest absolute Gasteiger partial charge is 0.261 e. The Hall–Kier alpha value is -2.73. The van der Waals surface area contributed by atoms with E-state index in [0.717, 1.165) is 30.3 Å². The van der Waals surface area contributed by atoms with E-state index >= 15 is 0 Å². The molecule has 6 nitrogen and oxygen atoms in total. The van der Waals surface area contributed by atoms with E-state index in [0.29, 0.717) is 29.9 Å². The van der Waals surface area contributed by atoms with Gasteiger partial charge in [-0.2, -0.15) is 0 Å². The van der Waals surface area contributed by atoms with Crippen LogP contribution in [0.1, 0.15) is 46.9 Å². The fourth-order valence-corrected chi connectivity index (χ4v) is 4.14. The molecule has 0 spiro atoms. The van der Waals surface area contributed by atoms with Crippen molar-refractivity contribution >= 4 is 28.5 Å². The van der Waals surface area contributed by atoms with Crippen LogP contribution in [0, 0.1) is 5.92 Å². The van der Waals surface area contributed by atoms with Crippen molar-refractivity contribution in [2.75, 3.05) is 19.6 Å². The number of hydrogen-bond donors (Lipinski definition) is 2. The number of carbonyl (C=O) groups excluding carboxylic acids is 3. The minimum Gasteiger partial charge on any atom is -0.352 e. The summed E-state index contributed by atoms with van der Waals surface area (Å²) in [6.45, 7) is 4.17. The van der Waals surface area contributed by atoms with Gasteiger partial charge in [0, 0.05) is 42.1 Å². The Bertz CT molecular complexity index is 889. The summed E-state index contributed by atoms with van der Waals surface area (Å²) in [6, 6.07) is 11.1. The van der Waals surface area contributed by atoms with Gasteiger partial charge in [0.05, 0.1) is 0 Å². The van der Waals surface area contributed by atoms with Crippen LogP contribution in [0.5, 0.6) is 0 Å². The van der Waals surface area contributed by atoms with E-state index in [1.807, 2.05) is 24.3 Å². The van der Waals surface area contributed by atoms with Crippen LogP contribution in [0.4, 0.5) is 0 Å². The largest absolute Gasteiger partial charge is 0.352 e. The average Bonchev–Trinajstić information content (AvgIpc) is 2.70. The second kappa shape index (κ2) is 7.72. The first-order valence-electron chi connectivity index (χ1n) is 9.94. The van der Waals surface area contributed by atoms with Gasteiger partial charge in [0.2, 0.25) is 5.91 Å². The van der Waals surface area contributed by atoms with Crippen molar-refractivity contribution in [3.8, 4) is 0 Å². The minimum absolute atomic E-state index is 0.0278. The highest BCUT2D eigenvalue weighted by atomic mass is 16.2. The van der Waals surface area contributed by atoms with E-state index in [1.54, 1.807) is 12.1 Å². The Morgan fingerprint density at radius 1 is 1.14 bits per heavy atom. The van der Waals surface area contributed by atoms with Crippen molar-refractivity contribution in [2.45, 2.75) is 32.2 Å². The summed E-state index contributed by atoms with van der Waals surface area (Å²) < 4.78 is 0. The molecule has 2 aromatic rings. The molecule has 2 N–H and O–H groups in total. The van der Waals surface area contributed by atoms with Crippen LogP contribution >= 0.6 is 0 Å². The van der Waals surface area contributed by atoms with Crippen molar-refractivity contribution in [1.29, 1.82) is 0 Å². The molecule has 4 rings (SSSR count). The SMILES string of the molecule is CC1CCNCC1NC(=O)CCCN1C(=O)c2cccc3cccc(c23)C1=O. The van der Waals surface area contributed by atoms with Crippen molar-refractivity contribution in [3.63, 3.8) is 0 Å². The number of carbonyl (C=O) groups is 3. The van der Waals surface area contributed by atoms with Crippen LogP contribution in [0.15, 0.2) is 36.4 Å². The van der Waals surface area contributed by atoms with Gasteiger partial charge in [0.1, 0.15) is 0 Å². The van der Waals surface area contributed by atoms with Crippen LogP contribution < -0.4 is 10.6 Å². The van der Waals surface area contributed by atoms with Gasteiger partial charge in [-0.05, 0) is 42.8 Å². The van der Waals surface area contributed by atoms with E-state index in [4.69, 9.17) is 0 Å². The van der Waals surface area contributed by atoms with Gasteiger partial charge in [-0.15, -0.1) is 0 Å². The molecule has 0 aromatic heterocycles. The molecule has 0 radical (unpaired) electrons. The predicted octanol–water partition coefficient (Wildman–Crippen LogP) is 2.33. The number of piperidine rings is 1. The summed E-state index contributed by atoms with van der Waals surface area (Å²) in [6.07, 6.45) is 1.80. The zero-order valence-corrected chi connectivity index (χ0v) is 16.0. The van der Waals surface area contributed by atoms with E-state index in [2.05, 4.69) is 17.6 Å². The second-order valence-electron chi connectivity index (χ2n) is 7.72. The Morgan fingerprint density at radius 3 is 2.46 bits per heavy atom. The maximum Gasteiger partial charge on any atom is 0.261 e. The summed E-state index contributed by atoms with van der Waals surface area (Å²) >= 11 is 0. The second-order valence-corrected chi connectivity index (χ2v) is 7.72. The van der Waals surface area contributed by atoms with E-state index < -0.39 is 0 Å². The van der Waals surface area contributed by atoms with E-state index in [9.17, 15) is 14.4 Å². The van der Waals surface area contributed by atoms with Crippen LogP contribution in [0.3, 0.4) is 0 Å². The maximum absolute atomic E-state index is 12.8. The van der Waals surface area contributed by atoms with Crippen LogP contribution in [0.2, 0.25) is 0 Å². The summed E-state index contributed by atoms with van der Waals surface area (Å²) in [7, 11) is 0. The molecule has 0 bridgehead atoms. The third-order valence-corrected chi connectivity index (χ3v) is 5.82. The Kier molecular flexibility index (Phi) is 5.13. The summed E-state index contributed by atoms with van der Waals surface area (Å²) in [5.74, 6) is -0.132. The van der Waals surface area contributed by atoms with Gasteiger partial charge in [-0.1, -0.05) is 31.2 Å². The monoisotopic (exact) mass is 379 g/mol. The summed E-state index contributed by atoms with van der Waals surface area (Å²) in [4.78, 5) is 39.3. The molecule has 2 aromatic carbocycles. The zero-order chi connectivity index (χ0) is 19.7. The van der Waals surface area contributed by atoms with Gasteiger partial charge >= 0.3 is 0 Å². The van der Waals surface area contributed by atoms with Crippen LogP contribution in [0.25, 0.3) is 10.8 Å². The van der Waals surface area contributed by atoms with Crippen molar-refractivity contribution < 1.29 is 14.4 Å². The molecule has 2 unspecified atom stereocenters. The number of nitrogens with zero attached hydrogens (tertiary/aromatic N) is 1. The van der Waals surface area contributed by atoms with Gasteiger partial charge < -0.3 is 10.6 Å². The first-order valence-corrected chi connectivity index (χ1v) is 9.94. The first-order chi connectivity index (χ1) is 13.6. The van der Waals surface area contributed by atoms with Crippen molar-refractivity contribution in [3.05, 3.63) is 47.5 Å². The third kappa shape index (κ3) is 3.40. The molecule has 2 heterocycles. The van der Waals surface area contributed by atoms with Crippen LogP contribution in [-0.2, 0) is 4.79 Å². The molecule has 2 aliphatic rings. The van der Waals surface area contributed by atoms with E-state index in [1.165, 1.54) is 4.90 Å². The molecule has 28 heavy (non-hydrogen) atoms. The molecular formula is C22H25N3O3. The number of amides is 3. The lowest BCUT2D eigenvalue weighted by Gasteiger charge is -2.30. The number of nitrogens with one attached hydrogen (secondary N) is 2. The summed E-state index contributed by atoms with van der Waals surface area (Å²) in [5, 5.41) is 7.99. The predicted molar refractivity (Wildman–Crippen MR) is 107 cm³/mol. The fraction of sp³-hybridized carbons (Fsp3) is 0.409. The lowest BCUT2D eigenvalue weighted by molar-refractivity contribution is -0.122. The van der Waals surface area contributed by atoms with Gasteiger partial charge in [-0.3, -0.25) is 19.3 Å². The highest BCUT2D eigenvalue weighted by Crippen LogP contribution is 2.30. The van der Waals surface area contributed by atoms with E-state index in [-0.39, 0.29) is 30.3 Å². The molecule has 1 fully saturated rings. The molecule has 146 valence electrons. The number of hydrogen-bond acceptors (Lipinski definition) is 4. The number of rotatable bonds is 5. The maximum atomic E-state index is 12.8. The van der Waals surface area contributed by atoms with Gasteiger partial charge in [-0.25, -0.2) is 0 Å². The molecule has 3 amide bonds. The standard InChI is InChI=1S/C22H25N3O3/c1-14-10-11-23-13-18(14)24-19(26)9-4-12-25-21(27)16-7-2-5-15-6-3-8-17(20(15)16)22(25)28/h2-3,5-8,14,18,23H,4,9-13H2,1H3,(H,24,26). The summed E-state index contributed by atoms with van der Waals surface area (Å²) in [5.41, 5.74) is 1.11. The zero-order valence-electron chi connectivity index (χ0n) is 16.0. The van der Waals surface area contributed by atoms with Gasteiger partial charge in [0.15, 0.2) is 0 Å². The molecule has 2 aliphatic heterocycles. The number of benzene rings is 2. The lowest BCUT2D eigenvalue weighted by Crippen LogP contribution is -2.50. The lowest BCUT2D eigenvalue weighted by atomic mass is 9.94. The van der Waals surface area contributed by atoms with Crippen LogP contribution in [-0.4, -0.2) is 48.3 Å². The van der Waals surface area contributed by atoms with Crippen molar-refractivity contribution in [1.82, 2.24) is 15.5 Å². The minimum atomic E-state index is -0.278. The highest BCUT2D eigenvalue weighted by molar-refractivity contribution is 6.25. The first kappa shape index (κ1) is 18.6. The highest BCUT2D eigenvalue weighted by Gasteiger charge is 2.32. The molecule has 6 heteroatoms. The molecular weight excluding hydrogens is 354 g/mol. The molecule has 0 aliphatic carbocycles. The molecule has 0 saturated carbocycles. The molecule has 1 saturated heterocycles.